The van der Waals surface area contributed by atoms with Crippen molar-refractivity contribution in [3.05, 3.63) is 35.9 Å². The second kappa shape index (κ2) is 6.07. The first-order valence-electron chi connectivity index (χ1n) is 11.3. The molecule has 8 unspecified atom stereocenters. The first-order chi connectivity index (χ1) is 12.9. The van der Waals surface area contributed by atoms with E-state index in [1.54, 1.807) is 0 Å². The van der Waals surface area contributed by atoms with Gasteiger partial charge in [-0.25, -0.2) is 0 Å². The van der Waals surface area contributed by atoms with E-state index < -0.39 is 5.60 Å². The van der Waals surface area contributed by atoms with E-state index in [4.69, 9.17) is 0 Å². The van der Waals surface area contributed by atoms with Crippen molar-refractivity contribution in [1.29, 1.82) is 0 Å². The predicted octanol–water partition coefficient (Wildman–Crippen LogP) is 5.28. The van der Waals surface area contributed by atoms with Crippen molar-refractivity contribution in [1.82, 2.24) is 0 Å². The molecule has 0 bridgehead atoms. The molecule has 4 aliphatic rings. The zero-order valence-electron chi connectivity index (χ0n) is 17.0. The number of aliphatic hydroxyl groups is 2. The van der Waals surface area contributed by atoms with Crippen LogP contribution in [0.1, 0.15) is 77.2 Å². The largest absolute Gasteiger partial charge is 0.393 e. The van der Waals surface area contributed by atoms with Crippen LogP contribution in [0.5, 0.6) is 0 Å². The first-order valence-corrected chi connectivity index (χ1v) is 11.3. The SMILES string of the molecule is CC12CCC(O)CC1CCC1C2CCC2(C)C1CCC2(O)c1ccccc1. The number of benzene rings is 1. The van der Waals surface area contributed by atoms with Crippen molar-refractivity contribution in [2.45, 2.75) is 83.3 Å². The number of aliphatic hydroxyl groups excluding tert-OH is 1. The van der Waals surface area contributed by atoms with Crippen LogP contribution in [0.15, 0.2) is 30.3 Å². The van der Waals surface area contributed by atoms with E-state index >= 15 is 0 Å². The molecule has 4 saturated carbocycles. The van der Waals surface area contributed by atoms with Crippen LogP contribution in [0.25, 0.3) is 0 Å². The number of hydrogen-bond acceptors (Lipinski definition) is 2. The first kappa shape index (κ1) is 18.2. The van der Waals surface area contributed by atoms with E-state index in [0.29, 0.717) is 17.3 Å². The fraction of sp³-hybridized carbons (Fsp3) is 0.760. The molecular formula is C25H36O2. The van der Waals surface area contributed by atoms with Gasteiger partial charge in [0.05, 0.1) is 11.7 Å². The molecule has 0 amide bonds. The Morgan fingerprint density at radius 2 is 1.59 bits per heavy atom. The second-order valence-corrected chi connectivity index (χ2v) is 10.8. The minimum atomic E-state index is -0.662. The summed E-state index contributed by atoms with van der Waals surface area (Å²) in [5.74, 6) is 2.91. The van der Waals surface area contributed by atoms with Crippen LogP contribution >= 0.6 is 0 Å². The zero-order valence-corrected chi connectivity index (χ0v) is 17.0. The molecule has 1 aromatic rings. The van der Waals surface area contributed by atoms with Crippen LogP contribution < -0.4 is 0 Å². The average molecular weight is 369 g/mol. The van der Waals surface area contributed by atoms with E-state index in [1.807, 2.05) is 0 Å². The third-order valence-electron chi connectivity index (χ3n) is 10.0. The molecule has 4 aliphatic carbocycles. The van der Waals surface area contributed by atoms with Gasteiger partial charge in [-0.05, 0) is 92.4 Å². The summed E-state index contributed by atoms with van der Waals surface area (Å²) in [5, 5.41) is 22.1. The van der Waals surface area contributed by atoms with Gasteiger partial charge in [-0.2, -0.15) is 0 Å². The Bertz CT molecular complexity index is 702. The third-order valence-corrected chi connectivity index (χ3v) is 10.0. The van der Waals surface area contributed by atoms with Gasteiger partial charge in [-0.3, -0.25) is 0 Å². The van der Waals surface area contributed by atoms with Crippen LogP contribution in [0.2, 0.25) is 0 Å². The van der Waals surface area contributed by atoms with Gasteiger partial charge in [0.15, 0.2) is 0 Å². The summed E-state index contributed by atoms with van der Waals surface area (Å²) in [7, 11) is 0. The maximum absolute atomic E-state index is 11.9. The Labute approximate surface area is 164 Å². The van der Waals surface area contributed by atoms with Gasteiger partial charge in [-0.1, -0.05) is 44.2 Å². The van der Waals surface area contributed by atoms with Gasteiger partial charge in [-0.15, -0.1) is 0 Å². The maximum Gasteiger partial charge on any atom is 0.0952 e. The van der Waals surface area contributed by atoms with Gasteiger partial charge in [0.25, 0.3) is 0 Å². The van der Waals surface area contributed by atoms with Crippen LogP contribution in [0, 0.1) is 34.5 Å². The van der Waals surface area contributed by atoms with Crippen molar-refractivity contribution in [3.63, 3.8) is 0 Å². The van der Waals surface area contributed by atoms with Crippen LogP contribution in [0.3, 0.4) is 0 Å². The Hall–Kier alpha value is -0.860. The van der Waals surface area contributed by atoms with Gasteiger partial charge in [0.1, 0.15) is 0 Å². The molecule has 2 heteroatoms. The minimum Gasteiger partial charge on any atom is -0.393 e. The van der Waals surface area contributed by atoms with Gasteiger partial charge < -0.3 is 10.2 Å². The standard InChI is InChI=1S/C25H36O2/c1-23-13-10-19(26)16-18(23)8-9-20-21(23)11-14-24(2)22(20)12-15-25(24,27)17-6-4-3-5-7-17/h3-7,18-22,26-27H,8-16H2,1-2H3. The molecule has 27 heavy (non-hydrogen) atoms. The van der Waals surface area contributed by atoms with Crippen molar-refractivity contribution < 1.29 is 10.2 Å². The van der Waals surface area contributed by atoms with Crippen LogP contribution in [-0.4, -0.2) is 16.3 Å². The van der Waals surface area contributed by atoms with Crippen LogP contribution in [-0.2, 0) is 5.60 Å². The monoisotopic (exact) mass is 368 g/mol. The lowest BCUT2D eigenvalue weighted by Gasteiger charge is -2.61. The Morgan fingerprint density at radius 1 is 0.852 bits per heavy atom. The molecule has 148 valence electrons. The minimum absolute atomic E-state index is 0.00684. The van der Waals surface area contributed by atoms with Gasteiger partial charge in [0, 0.05) is 5.41 Å². The van der Waals surface area contributed by atoms with Gasteiger partial charge in [0.2, 0.25) is 0 Å². The molecule has 2 nitrogen and oxygen atoms in total. The van der Waals surface area contributed by atoms with Crippen molar-refractivity contribution >= 4 is 0 Å². The van der Waals surface area contributed by atoms with E-state index in [1.165, 1.54) is 32.1 Å². The Balaban J connectivity index is 1.47. The highest BCUT2D eigenvalue weighted by Gasteiger charge is 2.64. The topological polar surface area (TPSA) is 40.5 Å². The summed E-state index contributed by atoms with van der Waals surface area (Å²) in [6, 6.07) is 10.5. The van der Waals surface area contributed by atoms with Crippen molar-refractivity contribution in [2.75, 3.05) is 0 Å². The fourth-order valence-corrected chi connectivity index (χ4v) is 8.44. The highest BCUT2D eigenvalue weighted by atomic mass is 16.3. The molecule has 4 fully saturated rings. The fourth-order valence-electron chi connectivity index (χ4n) is 8.44. The lowest BCUT2D eigenvalue weighted by Crippen LogP contribution is -2.56. The predicted molar refractivity (Wildman–Crippen MR) is 108 cm³/mol. The smallest absolute Gasteiger partial charge is 0.0952 e. The summed E-state index contributed by atoms with van der Waals surface area (Å²) in [5.41, 5.74) is 0.892. The van der Waals surface area contributed by atoms with E-state index in [-0.39, 0.29) is 11.5 Å². The summed E-state index contributed by atoms with van der Waals surface area (Å²) in [6.45, 7) is 4.94. The lowest BCUT2D eigenvalue weighted by atomic mass is 9.44. The normalized spacial score (nSPS) is 51.9. The number of hydrogen-bond donors (Lipinski definition) is 2. The average Bonchev–Trinajstić information content (AvgIpc) is 2.95. The molecule has 0 heterocycles. The number of rotatable bonds is 1. The summed E-state index contributed by atoms with van der Waals surface area (Å²) in [6.07, 6.45) is 10.2. The van der Waals surface area contributed by atoms with Crippen molar-refractivity contribution in [2.24, 2.45) is 34.5 Å². The molecule has 2 N–H and O–H groups in total. The van der Waals surface area contributed by atoms with E-state index in [9.17, 15) is 10.2 Å². The molecule has 0 saturated heterocycles. The quantitative estimate of drug-likeness (QED) is 0.708. The zero-order chi connectivity index (χ0) is 18.9. The Morgan fingerprint density at radius 3 is 2.37 bits per heavy atom. The van der Waals surface area contributed by atoms with Gasteiger partial charge >= 0.3 is 0 Å². The molecule has 0 aromatic heterocycles. The lowest BCUT2D eigenvalue weighted by molar-refractivity contribution is -0.161. The molecule has 5 rings (SSSR count). The summed E-state index contributed by atoms with van der Waals surface area (Å²) in [4.78, 5) is 0. The third kappa shape index (κ3) is 2.38. The molecular weight excluding hydrogens is 332 g/mol. The second-order valence-electron chi connectivity index (χ2n) is 10.8. The molecule has 0 radical (unpaired) electrons. The summed E-state index contributed by atoms with van der Waals surface area (Å²) < 4.78 is 0. The molecule has 0 aliphatic heterocycles. The Kier molecular flexibility index (Phi) is 4.09. The van der Waals surface area contributed by atoms with E-state index in [0.717, 1.165) is 43.1 Å². The van der Waals surface area contributed by atoms with Crippen molar-refractivity contribution in [3.8, 4) is 0 Å². The highest BCUT2D eigenvalue weighted by Crippen LogP contribution is 2.70. The van der Waals surface area contributed by atoms with E-state index in [2.05, 4.69) is 44.2 Å². The molecule has 0 spiro atoms. The molecule has 1 aromatic carbocycles. The summed E-state index contributed by atoms with van der Waals surface area (Å²) >= 11 is 0. The highest BCUT2D eigenvalue weighted by molar-refractivity contribution is 5.29. The number of fused-ring (bicyclic) bond motifs is 5. The molecule has 8 atom stereocenters. The maximum atomic E-state index is 11.9. The van der Waals surface area contributed by atoms with Crippen LogP contribution in [0.4, 0.5) is 0 Å².